The van der Waals surface area contributed by atoms with Gasteiger partial charge in [0.1, 0.15) is 0 Å². The Bertz CT molecular complexity index is 541. The Morgan fingerprint density at radius 1 is 1.14 bits per heavy atom. The van der Waals surface area contributed by atoms with Crippen LogP contribution in [0.4, 0.5) is 0 Å². The molecule has 1 fully saturated rings. The van der Waals surface area contributed by atoms with Gasteiger partial charge < -0.3 is 14.5 Å². The average molecular weight is 340 g/mol. The van der Waals surface area contributed by atoms with Gasteiger partial charge in [0, 0.05) is 31.1 Å². The molecule has 0 atom stereocenters. The number of nitrogens with zero attached hydrogens (tertiary/aromatic N) is 2. The van der Waals surface area contributed by atoms with E-state index in [1.54, 1.807) is 11.3 Å². The lowest BCUT2D eigenvalue weighted by molar-refractivity contribution is -0.132. The lowest BCUT2D eigenvalue weighted by Crippen LogP contribution is -2.42. The highest BCUT2D eigenvalue weighted by Gasteiger charge is 2.22. The third-order valence-electron chi connectivity index (χ3n) is 3.98. The summed E-state index contributed by atoms with van der Waals surface area (Å²) in [5.74, 6) is 1.01. The number of fused-ring (bicyclic) bond motifs is 1. The van der Waals surface area contributed by atoms with Crippen LogP contribution < -0.4 is 0 Å². The highest BCUT2D eigenvalue weighted by atomic mass is 32.2. The first-order chi connectivity index (χ1) is 10.7. The molecule has 0 saturated carbocycles. The quantitative estimate of drug-likeness (QED) is 0.827. The van der Waals surface area contributed by atoms with Crippen LogP contribution in [0, 0.1) is 0 Å². The van der Waals surface area contributed by atoms with Crippen molar-refractivity contribution in [2.45, 2.75) is 13.0 Å². The molecule has 0 N–H and O–H groups in total. The number of thiophene rings is 1. The largest absolute Gasteiger partial charge is 0.378 e. The number of hydrogen-bond acceptors (Lipinski definition) is 5. The maximum atomic E-state index is 12.3. The van der Waals surface area contributed by atoms with Gasteiger partial charge in [-0.3, -0.25) is 9.59 Å². The Hall–Kier alpha value is -1.05. The molecule has 22 heavy (non-hydrogen) atoms. The van der Waals surface area contributed by atoms with Crippen molar-refractivity contribution in [2.24, 2.45) is 0 Å². The number of carbonyl (C=O) groups is 2. The molecule has 1 saturated heterocycles. The zero-order valence-electron chi connectivity index (χ0n) is 12.5. The van der Waals surface area contributed by atoms with Crippen molar-refractivity contribution in [3.63, 3.8) is 0 Å². The van der Waals surface area contributed by atoms with Crippen LogP contribution in [0.1, 0.15) is 10.4 Å². The summed E-state index contributed by atoms with van der Waals surface area (Å²) in [5, 5.41) is 2.09. The summed E-state index contributed by atoms with van der Waals surface area (Å²) in [6, 6.07) is 2.11. The number of thioether (sulfide) groups is 1. The molecule has 0 aliphatic carbocycles. The fourth-order valence-electron chi connectivity index (χ4n) is 2.68. The first-order valence-corrected chi connectivity index (χ1v) is 9.54. The van der Waals surface area contributed by atoms with Crippen LogP contribution in [0.3, 0.4) is 0 Å². The van der Waals surface area contributed by atoms with Gasteiger partial charge in [-0.2, -0.15) is 0 Å². The van der Waals surface area contributed by atoms with Gasteiger partial charge in [0.05, 0.1) is 24.7 Å². The summed E-state index contributed by atoms with van der Waals surface area (Å²) in [5.41, 5.74) is 1.28. The van der Waals surface area contributed by atoms with E-state index in [0.717, 1.165) is 19.5 Å². The van der Waals surface area contributed by atoms with Crippen molar-refractivity contribution in [2.75, 3.05) is 44.4 Å². The second-order valence-corrected chi connectivity index (χ2v) is 7.41. The van der Waals surface area contributed by atoms with E-state index in [1.807, 2.05) is 9.80 Å². The zero-order valence-corrected chi connectivity index (χ0v) is 14.1. The van der Waals surface area contributed by atoms with Crippen molar-refractivity contribution >= 4 is 34.9 Å². The molecule has 2 amide bonds. The van der Waals surface area contributed by atoms with Crippen molar-refractivity contribution in [3.05, 3.63) is 21.9 Å². The zero-order chi connectivity index (χ0) is 15.4. The van der Waals surface area contributed by atoms with E-state index in [-0.39, 0.29) is 11.8 Å². The van der Waals surface area contributed by atoms with Gasteiger partial charge in [-0.1, -0.05) is 0 Å². The smallest absolute Gasteiger partial charge is 0.232 e. The Morgan fingerprint density at radius 2 is 1.86 bits per heavy atom. The molecule has 120 valence electrons. The number of morpholine rings is 1. The fourth-order valence-corrected chi connectivity index (χ4v) is 4.39. The molecule has 1 aromatic rings. The molecular formula is C15H20N2O3S2. The van der Waals surface area contributed by atoms with Crippen LogP contribution in [0.2, 0.25) is 0 Å². The molecule has 0 radical (unpaired) electrons. The third-order valence-corrected chi connectivity index (χ3v) is 5.90. The van der Waals surface area contributed by atoms with E-state index < -0.39 is 0 Å². The number of ether oxygens (including phenoxy) is 1. The second-order valence-electron chi connectivity index (χ2n) is 5.42. The van der Waals surface area contributed by atoms with Gasteiger partial charge in [0.15, 0.2) is 0 Å². The molecule has 3 heterocycles. The molecule has 2 aliphatic heterocycles. The van der Waals surface area contributed by atoms with Gasteiger partial charge in [-0.15, -0.1) is 23.1 Å². The van der Waals surface area contributed by atoms with Crippen molar-refractivity contribution in [1.29, 1.82) is 0 Å². The highest BCUT2D eigenvalue weighted by Crippen LogP contribution is 2.24. The summed E-state index contributed by atoms with van der Waals surface area (Å²) in [4.78, 5) is 29.4. The molecule has 0 aromatic carbocycles. The maximum absolute atomic E-state index is 12.3. The molecular weight excluding hydrogens is 320 g/mol. The summed E-state index contributed by atoms with van der Waals surface area (Å²) >= 11 is 3.19. The lowest BCUT2D eigenvalue weighted by atomic mass is 10.1. The predicted octanol–water partition coefficient (Wildman–Crippen LogP) is 1.22. The highest BCUT2D eigenvalue weighted by molar-refractivity contribution is 8.00. The Morgan fingerprint density at radius 3 is 2.64 bits per heavy atom. The second kappa shape index (κ2) is 7.48. The molecule has 0 unspecified atom stereocenters. The van der Waals surface area contributed by atoms with Crippen molar-refractivity contribution in [1.82, 2.24) is 9.80 Å². The van der Waals surface area contributed by atoms with E-state index in [0.29, 0.717) is 37.8 Å². The Kier molecular flexibility index (Phi) is 5.38. The molecule has 2 aliphatic rings. The third kappa shape index (κ3) is 3.83. The van der Waals surface area contributed by atoms with Crippen LogP contribution in [-0.2, 0) is 27.3 Å². The minimum Gasteiger partial charge on any atom is -0.378 e. The topological polar surface area (TPSA) is 49.9 Å². The minimum atomic E-state index is 0.111. The minimum absolute atomic E-state index is 0.111. The van der Waals surface area contributed by atoms with Crippen LogP contribution >= 0.6 is 23.1 Å². The Labute approximate surface area is 138 Å². The number of carbonyl (C=O) groups excluding carboxylic acids is 2. The van der Waals surface area contributed by atoms with Gasteiger partial charge in [0.2, 0.25) is 11.8 Å². The van der Waals surface area contributed by atoms with Crippen LogP contribution in [0.25, 0.3) is 0 Å². The molecule has 0 spiro atoms. The van der Waals surface area contributed by atoms with E-state index in [9.17, 15) is 9.59 Å². The first kappa shape index (κ1) is 15.8. The number of amides is 2. The Balaban J connectivity index is 1.40. The number of hydrogen-bond donors (Lipinski definition) is 0. The SMILES string of the molecule is O=C(CSCC(=O)N1CCc2sccc2C1)N1CCOCC1. The number of rotatable bonds is 4. The molecule has 7 heteroatoms. The molecule has 1 aromatic heterocycles. The monoisotopic (exact) mass is 340 g/mol. The van der Waals surface area contributed by atoms with Crippen LogP contribution in [0.5, 0.6) is 0 Å². The average Bonchev–Trinajstić information content (AvgIpc) is 3.03. The lowest BCUT2D eigenvalue weighted by Gasteiger charge is -2.28. The molecule has 0 bridgehead atoms. The predicted molar refractivity (Wildman–Crippen MR) is 88.2 cm³/mol. The maximum Gasteiger partial charge on any atom is 0.232 e. The normalized spacial score (nSPS) is 18.2. The van der Waals surface area contributed by atoms with E-state index >= 15 is 0 Å². The summed E-state index contributed by atoms with van der Waals surface area (Å²) in [6.07, 6.45) is 0.954. The van der Waals surface area contributed by atoms with E-state index in [2.05, 4.69) is 11.4 Å². The van der Waals surface area contributed by atoms with Gasteiger partial charge in [0.25, 0.3) is 0 Å². The van der Waals surface area contributed by atoms with Gasteiger partial charge in [-0.05, 0) is 23.4 Å². The van der Waals surface area contributed by atoms with E-state index in [1.165, 1.54) is 22.2 Å². The van der Waals surface area contributed by atoms with E-state index in [4.69, 9.17) is 4.74 Å². The van der Waals surface area contributed by atoms with Gasteiger partial charge in [-0.25, -0.2) is 0 Å². The van der Waals surface area contributed by atoms with Crippen LogP contribution in [0.15, 0.2) is 11.4 Å². The molecule has 5 nitrogen and oxygen atoms in total. The van der Waals surface area contributed by atoms with Crippen LogP contribution in [-0.4, -0.2) is 66.0 Å². The first-order valence-electron chi connectivity index (χ1n) is 7.50. The van der Waals surface area contributed by atoms with Crippen molar-refractivity contribution in [3.8, 4) is 0 Å². The van der Waals surface area contributed by atoms with Crippen molar-refractivity contribution < 1.29 is 14.3 Å². The standard InChI is InChI=1S/C15H20N2O3S2/c18-14(16-4-6-20-7-5-16)10-21-11-15(19)17-3-1-13-12(9-17)2-8-22-13/h2,8H,1,3-7,9-11H2. The fraction of sp³-hybridized carbons (Fsp3) is 0.600. The van der Waals surface area contributed by atoms with Gasteiger partial charge >= 0.3 is 0 Å². The molecule has 3 rings (SSSR count). The summed E-state index contributed by atoms with van der Waals surface area (Å²) in [7, 11) is 0. The summed E-state index contributed by atoms with van der Waals surface area (Å²) < 4.78 is 5.23. The summed E-state index contributed by atoms with van der Waals surface area (Å²) in [6.45, 7) is 4.08.